The molecule has 0 atom stereocenters. The molecule has 0 aliphatic heterocycles. The maximum absolute atomic E-state index is 11.0. The van der Waals surface area contributed by atoms with Gasteiger partial charge in [0.2, 0.25) is 5.91 Å². The molecule has 88 valence electrons. The van der Waals surface area contributed by atoms with Crippen LogP contribution in [0.5, 0.6) is 0 Å². The van der Waals surface area contributed by atoms with E-state index in [4.69, 9.17) is 10.8 Å². The summed E-state index contributed by atoms with van der Waals surface area (Å²) in [7, 11) is -3.69. The fourth-order valence-corrected chi connectivity index (χ4v) is 1.83. The van der Waals surface area contributed by atoms with Gasteiger partial charge in [-0.25, -0.2) is 8.42 Å². The second-order valence-corrected chi connectivity index (χ2v) is 5.06. The van der Waals surface area contributed by atoms with Crippen LogP contribution in [-0.4, -0.2) is 50.0 Å². The summed E-state index contributed by atoms with van der Waals surface area (Å²) in [6, 6.07) is 0. The molecular formula is C7H14N2O5S. The van der Waals surface area contributed by atoms with Crippen molar-refractivity contribution in [1.29, 1.82) is 0 Å². The van der Waals surface area contributed by atoms with Gasteiger partial charge >= 0.3 is 5.97 Å². The molecule has 4 N–H and O–H groups in total. The van der Waals surface area contributed by atoms with E-state index in [1.165, 1.54) is 0 Å². The summed E-state index contributed by atoms with van der Waals surface area (Å²) in [5, 5.41) is 10.6. The van der Waals surface area contributed by atoms with E-state index in [2.05, 4.69) is 5.32 Å². The minimum atomic E-state index is -3.69. The number of amides is 1. The van der Waals surface area contributed by atoms with Gasteiger partial charge in [-0.3, -0.25) is 9.59 Å². The molecule has 0 saturated heterocycles. The van der Waals surface area contributed by atoms with Gasteiger partial charge in [0.25, 0.3) is 0 Å². The molecule has 0 rings (SSSR count). The monoisotopic (exact) mass is 238 g/mol. The highest BCUT2D eigenvalue weighted by Gasteiger charge is 2.17. The lowest BCUT2D eigenvalue weighted by Gasteiger charge is -2.03. The Morgan fingerprint density at radius 1 is 1.33 bits per heavy atom. The van der Waals surface area contributed by atoms with E-state index in [1.807, 2.05) is 0 Å². The van der Waals surface area contributed by atoms with Gasteiger partial charge in [-0.2, -0.15) is 0 Å². The quantitative estimate of drug-likeness (QED) is 0.468. The molecule has 0 bridgehead atoms. The summed E-state index contributed by atoms with van der Waals surface area (Å²) in [6.07, 6.45) is -0.240. The van der Waals surface area contributed by atoms with E-state index in [0.717, 1.165) is 0 Å². The molecule has 0 fully saturated rings. The molecule has 0 saturated carbocycles. The number of carbonyl (C=O) groups excluding carboxylic acids is 1. The Labute approximate surface area is 87.6 Å². The second-order valence-electron chi connectivity index (χ2n) is 2.87. The number of carboxylic acid groups (broad SMARTS) is 1. The second kappa shape index (κ2) is 6.36. The Hall–Kier alpha value is -1.15. The zero-order valence-corrected chi connectivity index (χ0v) is 8.92. The minimum Gasteiger partial charge on any atom is -0.480 e. The van der Waals surface area contributed by atoms with Crippen LogP contribution in [0.2, 0.25) is 0 Å². The molecule has 0 aliphatic rings. The lowest BCUT2D eigenvalue weighted by Crippen LogP contribution is -2.31. The zero-order valence-electron chi connectivity index (χ0n) is 8.10. The molecule has 8 heteroatoms. The third kappa shape index (κ3) is 7.89. The summed E-state index contributed by atoms with van der Waals surface area (Å²) >= 11 is 0. The third-order valence-electron chi connectivity index (χ3n) is 1.45. The van der Waals surface area contributed by atoms with Crippen LogP contribution in [0.25, 0.3) is 0 Å². The van der Waals surface area contributed by atoms with Gasteiger partial charge in [0.1, 0.15) is 5.75 Å². The maximum atomic E-state index is 11.0. The Kier molecular flexibility index (Phi) is 5.87. The van der Waals surface area contributed by atoms with E-state index in [0.29, 0.717) is 0 Å². The third-order valence-corrected chi connectivity index (χ3v) is 2.96. The van der Waals surface area contributed by atoms with E-state index < -0.39 is 33.2 Å². The van der Waals surface area contributed by atoms with E-state index in [-0.39, 0.29) is 19.5 Å². The van der Waals surface area contributed by atoms with Crippen LogP contribution in [0.1, 0.15) is 6.42 Å². The van der Waals surface area contributed by atoms with Crippen LogP contribution in [0, 0.1) is 0 Å². The summed E-state index contributed by atoms with van der Waals surface area (Å²) in [5.41, 5.74) is 5.11. The lowest BCUT2D eigenvalue weighted by molar-refractivity contribution is -0.134. The number of hydrogen-bond donors (Lipinski definition) is 3. The van der Waals surface area contributed by atoms with Crippen molar-refractivity contribution in [1.82, 2.24) is 5.32 Å². The number of aliphatic carboxylic acids is 1. The normalized spacial score (nSPS) is 11.0. The lowest BCUT2D eigenvalue weighted by atomic mass is 10.4. The molecule has 0 aromatic carbocycles. The predicted octanol–water partition coefficient (Wildman–Crippen LogP) is -2.05. The van der Waals surface area contributed by atoms with Crippen molar-refractivity contribution in [2.24, 2.45) is 5.73 Å². The molecule has 15 heavy (non-hydrogen) atoms. The molecular weight excluding hydrogens is 224 g/mol. The van der Waals surface area contributed by atoms with E-state index in [1.54, 1.807) is 0 Å². The largest absolute Gasteiger partial charge is 0.480 e. The highest BCUT2D eigenvalue weighted by atomic mass is 32.2. The van der Waals surface area contributed by atoms with Gasteiger partial charge in [0, 0.05) is 19.5 Å². The van der Waals surface area contributed by atoms with Crippen molar-refractivity contribution in [2.75, 3.05) is 24.6 Å². The summed E-state index contributed by atoms with van der Waals surface area (Å²) in [6.45, 7) is 0.547. The number of carboxylic acids is 1. The number of nitrogens with one attached hydrogen (secondary N) is 1. The Balaban J connectivity index is 3.93. The molecule has 0 aromatic heterocycles. The average Bonchev–Trinajstić information content (AvgIpc) is 2.09. The first-order valence-electron chi connectivity index (χ1n) is 4.26. The van der Waals surface area contributed by atoms with Crippen molar-refractivity contribution in [2.45, 2.75) is 6.42 Å². The zero-order chi connectivity index (χ0) is 11.9. The first-order valence-corrected chi connectivity index (χ1v) is 6.08. The highest BCUT2D eigenvalue weighted by Crippen LogP contribution is 1.94. The summed E-state index contributed by atoms with van der Waals surface area (Å²) in [5.74, 6) is -3.28. The fourth-order valence-electron chi connectivity index (χ4n) is 0.808. The molecule has 7 nitrogen and oxygen atoms in total. The predicted molar refractivity (Wildman–Crippen MR) is 53.0 cm³/mol. The smallest absolute Gasteiger partial charge is 0.318 e. The summed E-state index contributed by atoms with van der Waals surface area (Å²) < 4.78 is 22.1. The van der Waals surface area contributed by atoms with E-state index in [9.17, 15) is 18.0 Å². The van der Waals surface area contributed by atoms with Gasteiger partial charge in [-0.05, 0) is 0 Å². The topological polar surface area (TPSA) is 127 Å². The maximum Gasteiger partial charge on any atom is 0.318 e. The molecule has 0 aromatic rings. The Morgan fingerprint density at radius 3 is 2.40 bits per heavy atom. The van der Waals surface area contributed by atoms with Crippen LogP contribution in [-0.2, 0) is 19.4 Å². The number of carbonyl (C=O) groups is 2. The van der Waals surface area contributed by atoms with Crippen molar-refractivity contribution < 1.29 is 23.1 Å². The van der Waals surface area contributed by atoms with Gasteiger partial charge < -0.3 is 16.2 Å². The first kappa shape index (κ1) is 13.8. The molecule has 1 amide bonds. The van der Waals surface area contributed by atoms with Crippen LogP contribution in [0.3, 0.4) is 0 Å². The fraction of sp³-hybridized carbons (Fsp3) is 0.714. The minimum absolute atomic E-state index is 0.240. The van der Waals surface area contributed by atoms with Gasteiger partial charge in [-0.1, -0.05) is 0 Å². The summed E-state index contributed by atoms with van der Waals surface area (Å²) in [4.78, 5) is 21.1. The highest BCUT2D eigenvalue weighted by molar-refractivity contribution is 7.92. The number of nitrogens with two attached hydrogens (primary N) is 1. The van der Waals surface area contributed by atoms with Gasteiger partial charge in [0.15, 0.2) is 9.84 Å². The average molecular weight is 238 g/mol. The number of hydrogen-bond acceptors (Lipinski definition) is 5. The first-order chi connectivity index (χ1) is 6.87. The van der Waals surface area contributed by atoms with Crippen molar-refractivity contribution in [3.8, 4) is 0 Å². The van der Waals surface area contributed by atoms with Crippen molar-refractivity contribution in [3.05, 3.63) is 0 Å². The Morgan fingerprint density at radius 2 is 1.93 bits per heavy atom. The number of rotatable bonds is 7. The molecule has 0 aliphatic carbocycles. The van der Waals surface area contributed by atoms with Gasteiger partial charge in [-0.15, -0.1) is 0 Å². The van der Waals surface area contributed by atoms with Crippen LogP contribution in [0.15, 0.2) is 0 Å². The van der Waals surface area contributed by atoms with Crippen LogP contribution >= 0.6 is 0 Å². The molecule has 0 radical (unpaired) electrons. The Bertz CT molecular complexity index is 324. The van der Waals surface area contributed by atoms with Crippen LogP contribution < -0.4 is 11.1 Å². The molecule has 0 spiro atoms. The molecule has 0 unspecified atom stereocenters. The number of sulfone groups is 1. The van der Waals surface area contributed by atoms with Crippen LogP contribution in [0.4, 0.5) is 0 Å². The van der Waals surface area contributed by atoms with Crippen molar-refractivity contribution in [3.63, 3.8) is 0 Å². The van der Waals surface area contributed by atoms with Crippen molar-refractivity contribution >= 4 is 21.7 Å². The van der Waals surface area contributed by atoms with E-state index >= 15 is 0 Å². The SMILES string of the molecule is NCCNC(=O)CCS(=O)(=O)CC(=O)O. The van der Waals surface area contributed by atoms with Gasteiger partial charge in [0.05, 0.1) is 5.75 Å². The standard InChI is InChI=1S/C7H14N2O5S/c8-2-3-9-6(10)1-4-15(13,14)5-7(11)12/h1-5,8H2,(H,9,10)(H,11,12). The molecule has 0 heterocycles.